The van der Waals surface area contributed by atoms with Crippen molar-refractivity contribution in [3.8, 4) is 0 Å². The van der Waals surface area contributed by atoms with E-state index in [4.69, 9.17) is 0 Å². The molecule has 1 unspecified atom stereocenters. The molecule has 1 N–H and O–H groups in total. The van der Waals surface area contributed by atoms with E-state index in [0.29, 0.717) is 6.42 Å². The monoisotopic (exact) mass is 261 g/mol. The summed E-state index contributed by atoms with van der Waals surface area (Å²) < 4.78 is 23.2. The number of amides is 1. The van der Waals surface area contributed by atoms with Gasteiger partial charge in [-0.15, -0.1) is 0 Å². The molecule has 1 rings (SSSR count). The first-order valence-electron chi connectivity index (χ1n) is 6.24. The molecule has 1 fully saturated rings. The zero-order chi connectivity index (χ0) is 13.1. The molecule has 1 aliphatic heterocycles. The Morgan fingerprint density at radius 2 is 1.94 bits per heavy atom. The lowest BCUT2D eigenvalue weighted by Gasteiger charge is -2.21. The van der Waals surface area contributed by atoms with Gasteiger partial charge in [0.25, 0.3) is 0 Å². The molecule has 5 heteroatoms. The van der Waals surface area contributed by atoms with Crippen LogP contribution in [0.4, 0.5) is 0 Å². The van der Waals surface area contributed by atoms with Gasteiger partial charge in [0.05, 0.1) is 10.5 Å². The van der Waals surface area contributed by atoms with Crippen molar-refractivity contribution in [2.75, 3.05) is 12.3 Å². The van der Waals surface area contributed by atoms with Gasteiger partial charge in [-0.1, -0.05) is 6.42 Å². The fourth-order valence-corrected chi connectivity index (χ4v) is 3.09. The van der Waals surface area contributed by atoms with E-state index in [0.717, 1.165) is 25.8 Å². The SMILES string of the molecule is CC(C)(C)S(=O)(=O)CCC1CCCCNC1=O. The van der Waals surface area contributed by atoms with Crippen LogP contribution in [-0.4, -0.2) is 31.4 Å². The number of nitrogens with one attached hydrogen (secondary N) is 1. The zero-order valence-corrected chi connectivity index (χ0v) is 11.8. The molecular formula is C12H23NO3S. The Morgan fingerprint density at radius 3 is 2.53 bits per heavy atom. The van der Waals surface area contributed by atoms with E-state index in [1.165, 1.54) is 0 Å². The minimum Gasteiger partial charge on any atom is -0.356 e. The molecule has 0 radical (unpaired) electrons. The molecule has 17 heavy (non-hydrogen) atoms. The Bertz CT molecular complexity index is 368. The summed E-state index contributed by atoms with van der Waals surface area (Å²) >= 11 is 0. The van der Waals surface area contributed by atoms with E-state index >= 15 is 0 Å². The van der Waals surface area contributed by atoms with Gasteiger partial charge < -0.3 is 5.32 Å². The number of carbonyl (C=O) groups excluding carboxylic acids is 1. The quantitative estimate of drug-likeness (QED) is 0.837. The number of rotatable bonds is 3. The third-order valence-corrected chi connectivity index (χ3v) is 5.96. The van der Waals surface area contributed by atoms with Crippen molar-refractivity contribution in [2.24, 2.45) is 5.92 Å². The molecule has 1 aliphatic rings. The normalized spacial score (nSPS) is 23.0. The molecular weight excluding hydrogens is 238 g/mol. The standard InChI is InChI=1S/C12H23NO3S/c1-12(2,3)17(15,16)9-7-10-6-4-5-8-13-11(10)14/h10H,4-9H2,1-3H3,(H,13,14). The minimum absolute atomic E-state index is 0.0200. The van der Waals surface area contributed by atoms with Crippen molar-refractivity contribution in [3.05, 3.63) is 0 Å². The van der Waals surface area contributed by atoms with Gasteiger partial charge >= 0.3 is 0 Å². The maximum atomic E-state index is 12.0. The van der Waals surface area contributed by atoms with Crippen molar-refractivity contribution in [3.63, 3.8) is 0 Å². The van der Waals surface area contributed by atoms with E-state index in [1.54, 1.807) is 20.8 Å². The summed E-state index contributed by atoms with van der Waals surface area (Å²) in [5.41, 5.74) is 0. The minimum atomic E-state index is -3.11. The Balaban J connectivity index is 2.58. The first-order valence-corrected chi connectivity index (χ1v) is 7.89. The van der Waals surface area contributed by atoms with Crippen LogP contribution in [0.1, 0.15) is 46.5 Å². The summed E-state index contributed by atoms with van der Waals surface area (Å²) in [7, 11) is -3.11. The largest absolute Gasteiger partial charge is 0.356 e. The van der Waals surface area contributed by atoms with Crippen LogP contribution < -0.4 is 5.32 Å². The van der Waals surface area contributed by atoms with Gasteiger partial charge in [-0.05, 0) is 40.0 Å². The molecule has 0 bridgehead atoms. The summed E-state index contributed by atoms with van der Waals surface area (Å²) in [6.07, 6.45) is 3.25. The molecule has 0 aromatic heterocycles. The van der Waals surface area contributed by atoms with E-state index in [9.17, 15) is 13.2 Å². The predicted octanol–water partition coefficient (Wildman–Crippen LogP) is 1.51. The lowest BCUT2D eigenvalue weighted by Crippen LogP contribution is -2.34. The van der Waals surface area contributed by atoms with E-state index in [-0.39, 0.29) is 17.6 Å². The third-order valence-electron chi connectivity index (χ3n) is 3.32. The van der Waals surface area contributed by atoms with Crippen LogP contribution in [0.15, 0.2) is 0 Å². The smallest absolute Gasteiger partial charge is 0.223 e. The second kappa shape index (κ2) is 5.38. The molecule has 0 aromatic rings. The Hall–Kier alpha value is -0.580. The molecule has 4 nitrogen and oxygen atoms in total. The van der Waals surface area contributed by atoms with Crippen molar-refractivity contribution in [2.45, 2.75) is 51.2 Å². The van der Waals surface area contributed by atoms with Crippen LogP contribution >= 0.6 is 0 Å². The van der Waals surface area contributed by atoms with Crippen molar-refractivity contribution in [1.82, 2.24) is 5.32 Å². The van der Waals surface area contributed by atoms with Crippen LogP contribution in [0, 0.1) is 5.92 Å². The first-order chi connectivity index (χ1) is 7.74. The van der Waals surface area contributed by atoms with Gasteiger partial charge in [0.15, 0.2) is 9.84 Å². The molecule has 0 aliphatic carbocycles. The molecule has 0 spiro atoms. The molecule has 0 saturated carbocycles. The lowest BCUT2D eigenvalue weighted by molar-refractivity contribution is -0.124. The third kappa shape index (κ3) is 3.98. The molecule has 1 amide bonds. The Morgan fingerprint density at radius 1 is 1.29 bits per heavy atom. The summed E-state index contributed by atoms with van der Waals surface area (Å²) in [4.78, 5) is 11.7. The summed E-state index contributed by atoms with van der Waals surface area (Å²) in [5, 5.41) is 2.84. The average molecular weight is 261 g/mol. The van der Waals surface area contributed by atoms with Crippen molar-refractivity contribution in [1.29, 1.82) is 0 Å². The molecule has 0 aromatic carbocycles. The number of hydrogen-bond acceptors (Lipinski definition) is 3. The zero-order valence-electron chi connectivity index (χ0n) is 11.0. The second-order valence-electron chi connectivity index (χ2n) is 5.70. The summed E-state index contributed by atoms with van der Waals surface area (Å²) in [6.45, 7) is 5.84. The van der Waals surface area contributed by atoms with E-state index in [2.05, 4.69) is 5.32 Å². The highest BCUT2D eigenvalue weighted by Gasteiger charge is 2.31. The second-order valence-corrected chi connectivity index (χ2v) is 8.57. The van der Waals surface area contributed by atoms with Crippen molar-refractivity contribution >= 4 is 15.7 Å². The van der Waals surface area contributed by atoms with Gasteiger partial charge in [0, 0.05) is 12.5 Å². The van der Waals surface area contributed by atoms with E-state index in [1.807, 2.05) is 0 Å². The van der Waals surface area contributed by atoms with Crippen LogP contribution in [0.5, 0.6) is 0 Å². The van der Waals surface area contributed by atoms with Gasteiger partial charge in [-0.3, -0.25) is 4.79 Å². The highest BCUT2D eigenvalue weighted by Crippen LogP contribution is 2.22. The van der Waals surface area contributed by atoms with Crippen LogP contribution in [0.3, 0.4) is 0 Å². The van der Waals surface area contributed by atoms with Crippen molar-refractivity contribution < 1.29 is 13.2 Å². The van der Waals surface area contributed by atoms with Crippen LogP contribution in [-0.2, 0) is 14.6 Å². The Kier molecular flexibility index (Phi) is 4.58. The van der Waals surface area contributed by atoms with Gasteiger partial charge in [-0.2, -0.15) is 0 Å². The maximum absolute atomic E-state index is 12.0. The summed E-state index contributed by atoms with van der Waals surface area (Å²) in [5.74, 6) is -0.00423. The first kappa shape index (κ1) is 14.5. The maximum Gasteiger partial charge on any atom is 0.223 e. The molecule has 1 heterocycles. The van der Waals surface area contributed by atoms with Crippen LogP contribution in [0.2, 0.25) is 0 Å². The Labute approximate surface area is 104 Å². The van der Waals surface area contributed by atoms with Gasteiger partial charge in [-0.25, -0.2) is 8.42 Å². The van der Waals surface area contributed by atoms with Gasteiger partial charge in [0.1, 0.15) is 0 Å². The topological polar surface area (TPSA) is 63.2 Å². The lowest BCUT2D eigenvalue weighted by atomic mass is 10.0. The number of carbonyl (C=O) groups is 1. The highest BCUT2D eigenvalue weighted by atomic mass is 32.2. The molecule has 1 atom stereocenters. The van der Waals surface area contributed by atoms with Crippen LogP contribution in [0.25, 0.3) is 0 Å². The van der Waals surface area contributed by atoms with Gasteiger partial charge in [0.2, 0.25) is 5.91 Å². The fraction of sp³-hybridized carbons (Fsp3) is 0.917. The highest BCUT2D eigenvalue weighted by molar-refractivity contribution is 7.92. The fourth-order valence-electron chi connectivity index (χ4n) is 1.88. The number of sulfone groups is 1. The molecule has 100 valence electrons. The predicted molar refractivity (Wildman–Crippen MR) is 68.5 cm³/mol. The van der Waals surface area contributed by atoms with E-state index < -0.39 is 14.6 Å². The average Bonchev–Trinajstić information content (AvgIpc) is 2.38. The number of hydrogen-bond donors (Lipinski definition) is 1. The molecule has 1 saturated heterocycles. The summed E-state index contributed by atoms with van der Waals surface area (Å²) in [6, 6.07) is 0.